The fraction of sp³-hybridized carbons (Fsp3) is 0.500. The van der Waals surface area contributed by atoms with E-state index in [0.29, 0.717) is 12.5 Å². The smallest absolute Gasteiger partial charge is 0.259 e. The van der Waals surface area contributed by atoms with Gasteiger partial charge in [-0.15, -0.1) is 11.3 Å². The van der Waals surface area contributed by atoms with Gasteiger partial charge in [-0.3, -0.25) is 19.4 Å². The quantitative estimate of drug-likeness (QED) is 0.583. The van der Waals surface area contributed by atoms with Gasteiger partial charge in [0.2, 0.25) is 5.91 Å². The van der Waals surface area contributed by atoms with E-state index in [0.717, 1.165) is 67.2 Å². The molecule has 34 heavy (non-hydrogen) atoms. The van der Waals surface area contributed by atoms with Gasteiger partial charge in [-0.05, 0) is 56.7 Å². The van der Waals surface area contributed by atoms with E-state index in [2.05, 4.69) is 33.9 Å². The van der Waals surface area contributed by atoms with Crippen molar-refractivity contribution < 1.29 is 4.79 Å². The maximum absolute atomic E-state index is 13.0. The number of hydrogen-bond donors (Lipinski definition) is 2. The topological polar surface area (TPSA) is 81.3 Å². The second-order valence-corrected chi connectivity index (χ2v) is 11.0. The molecule has 2 atom stereocenters. The first-order valence-corrected chi connectivity index (χ1v) is 13.1. The van der Waals surface area contributed by atoms with Crippen LogP contribution in [0, 0.1) is 12.8 Å². The Labute approximate surface area is 204 Å². The second kappa shape index (κ2) is 9.60. The van der Waals surface area contributed by atoms with Crippen LogP contribution in [0.1, 0.15) is 48.1 Å². The van der Waals surface area contributed by atoms with Gasteiger partial charge in [-0.2, -0.15) is 0 Å². The molecule has 0 bridgehead atoms. The average molecular weight is 480 g/mol. The highest BCUT2D eigenvalue weighted by atomic mass is 32.1. The lowest BCUT2D eigenvalue weighted by Gasteiger charge is -2.37. The molecule has 2 aliphatic rings. The molecule has 1 aliphatic heterocycles. The summed E-state index contributed by atoms with van der Waals surface area (Å²) in [6.07, 6.45) is 3.18. The number of benzene rings is 1. The minimum absolute atomic E-state index is 0.00492. The number of anilines is 1. The van der Waals surface area contributed by atoms with E-state index in [9.17, 15) is 9.59 Å². The van der Waals surface area contributed by atoms with Crippen LogP contribution in [-0.4, -0.2) is 58.4 Å². The van der Waals surface area contributed by atoms with E-state index >= 15 is 0 Å². The normalized spacial score (nSPS) is 20.3. The Hall–Kier alpha value is -2.55. The molecule has 1 amide bonds. The number of aryl methyl sites for hydroxylation is 2. The van der Waals surface area contributed by atoms with Gasteiger partial charge in [0.05, 0.1) is 18.0 Å². The molecule has 1 aromatic carbocycles. The zero-order chi connectivity index (χ0) is 23.8. The third kappa shape index (κ3) is 4.80. The van der Waals surface area contributed by atoms with Crippen LogP contribution in [0.2, 0.25) is 0 Å². The van der Waals surface area contributed by atoms with Crippen molar-refractivity contribution in [1.29, 1.82) is 0 Å². The Kier molecular flexibility index (Phi) is 6.55. The molecule has 1 fully saturated rings. The van der Waals surface area contributed by atoms with Crippen LogP contribution in [0.3, 0.4) is 0 Å². The summed E-state index contributed by atoms with van der Waals surface area (Å²) in [5.74, 6) is 1.43. The fourth-order valence-electron chi connectivity index (χ4n) is 5.09. The number of rotatable bonds is 5. The molecule has 8 heteroatoms. The number of piperazine rings is 1. The van der Waals surface area contributed by atoms with E-state index in [1.807, 2.05) is 31.2 Å². The predicted molar refractivity (Wildman–Crippen MR) is 138 cm³/mol. The van der Waals surface area contributed by atoms with Crippen LogP contribution in [0.15, 0.2) is 29.1 Å². The number of carbonyl (C=O) groups excluding carboxylic acids is 1. The molecule has 2 aromatic heterocycles. The van der Waals surface area contributed by atoms with Crippen LogP contribution < -0.4 is 10.9 Å². The summed E-state index contributed by atoms with van der Waals surface area (Å²) >= 11 is 1.70. The summed E-state index contributed by atoms with van der Waals surface area (Å²) in [5.41, 5.74) is 3.23. The summed E-state index contributed by atoms with van der Waals surface area (Å²) < 4.78 is 0. The molecule has 7 nitrogen and oxygen atoms in total. The van der Waals surface area contributed by atoms with Gasteiger partial charge >= 0.3 is 0 Å². The van der Waals surface area contributed by atoms with Gasteiger partial charge in [0.15, 0.2) is 0 Å². The summed E-state index contributed by atoms with van der Waals surface area (Å²) in [4.78, 5) is 40.2. The minimum atomic E-state index is 0.00492. The zero-order valence-corrected chi connectivity index (χ0v) is 21.0. The number of thiophene rings is 1. The van der Waals surface area contributed by atoms with Gasteiger partial charge in [0.25, 0.3) is 5.56 Å². The fourth-order valence-corrected chi connectivity index (χ4v) is 6.48. The maximum Gasteiger partial charge on any atom is 0.259 e. The Morgan fingerprint density at radius 1 is 1.24 bits per heavy atom. The lowest BCUT2D eigenvalue weighted by molar-refractivity contribution is -0.117. The highest BCUT2D eigenvalue weighted by molar-refractivity contribution is 7.18. The van der Waals surface area contributed by atoms with Crippen molar-refractivity contribution >= 4 is 33.1 Å². The number of nitrogens with zero attached hydrogens (tertiary/aromatic N) is 3. The van der Waals surface area contributed by atoms with E-state index in [1.165, 1.54) is 16.0 Å². The molecule has 2 N–H and O–H groups in total. The van der Waals surface area contributed by atoms with Crippen LogP contribution in [-0.2, 0) is 17.6 Å². The highest BCUT2D eigenvalue weighted by Gasteiger charge is 2.27. The van der Waals surface area contributed by atoms with Crippen LogP contribution in [0.5, 0.6) is 0 Å². The summed E-state index contributed by atoms with van der Waals surface area (Å²) in [6.45, 7) is 10.1. The van der Waals surface area contributed by atoms with E-state index in [1.54, 1.807) is 11.3 Å². The van der Waals surface area contributed by atoms with Gasteiger partial charge in [0.1, 0.15) is 10.7 Å². The number of aromatic amines is 1. The Morgan fingerprint density at radius 3 is 2.71 bits per heavy atom. The average Bonchev–Trinajstić information content (AvgIpc) is 3.18. The largest absolute Gasteiger partial charge is 0.325 e. The number of fused-ring (bicyclic) bond motifs is 3. The first-order chi connectivity index (χ1) is 16.4. The molecule has 1 aliphatic carbocycles. The third-order valence-corrected chi connectivity index (χ3v) is 8.38. The van der Waals surface area contributed by atoms with Gasteiger partial charge in [0, 0.05) is 36.7 Å². The van der Waals surface area contributed by atoms with E-state index < -0.39 is 0 Å². The van der Waals surface area contributed by atoms with Gasteiger partial charge in [-0.25, -0.2) is 4.98 Å². The number of amides is 1. The second-order valence-electron chi connectivity index (χ2n) is 9.89. The SMILES string of the molecule is Cc1ccc(NC(=O)CN2CCN(C(C)c3nc4sc5c(c4c(=O)[nH]3)CCC(C)C5)CC2)cc1. The number of nitrogens with one attached hydrogen (secondary N) is 2. The monoisotopic (exact) mass is 479 g/mol. The van der Waals surface area contributed by atoms with Crippen molar-refractivity contribution in [2.45, 2.75) is 46.1 Å². The number of hydrogen-bond acceptors (Lipinski definition) is 6. The van der Waals surface area contributed by atoms with Crippen LogP contribution >= 0.6 is 11.3 Å². The summed E-state index contributed by atoms with van der Waals surface area (Å²) in [6, 6.07) is 7.89. The van der Waals surface area contributed by atoms with Crippen molar-refractivity contribution in [2.75, 3.05) is 38.0 Å². The lowest BCUT2D eigenvalue weighted by atomic mass is 9.89. The number of carbonyl (C=O) groups is 1. The van der Waals surface area contributed by atoms with Gasteiger partial charge in [-0.1, -0.05) is 24.6 Å². The molecule has 3 aromatic rings. The molecular formula is C26H33N5O2S. The summed E-state index contributed by atoms with van der Waals surface area (Å²) in [7, 11) is 0. The number of aromatic nitrogens is 2. The molecule has 1 saturated heterocycles. The predicted octanol–water partition coefficient (Wildman–Crippen LogP) is 3.74. The molecule has 5 rings (SSSR count). The molecular weight excluding hydrogens is 446 g/mol. The summed E-state index contributed by atoms with van der Waals surface area (Å²) in [5, 5.41) is 3.79. The Bertz CT molecular complexity index is 1240. The molecule has 180 valence electrons. The minimum Gasteiger partial charge on any atom is -0.325 e. The highest BCUT2D eigenvalue weighted by Crippen LogP contribution is 2.36. The molecule has 2 unspecified atom stereocenters. The van der Waals surface area contributed by atoms with Crippen molar-refractivity contribution in [3.05, 3.63) is 56.4 Å². The van der Waals surface area contributed by atoms with E-state index in [-0.39, 0.29) is 17.5 Å². The first-order valence-electron chi connectivity index (χ1n) is 12.2. The molecule has 0 saturated carbocycles. The van der Waals surface area contributed by atoms with E-state index in [4.69, 9.17) is 4.98 Å². The van der Waals surface area contributed by atoms with Gasteiger partial charge < -0.3 is 10.3 Å². The van der Waals surface area contributed by atoms with Crippen molar-refractivity contribution in [3.8, 4) is 0 Å². The number of H-pyrrole nitrogens is 1. The molecule has 0 spiro atoms. The Balaban J connectivity index is 1.21. The Morgan fingerprint density at radius 2 is 1.97 bits per heavy atom. The standard InChI is InChI=1S/C26H33N5O2S/c1-16-4-7-19(8-5-16)27-22(32)15-30-10-12-31(13-11-30)18(3)24-28-25(33)23-20-9-6-17(2)14-21(20)34-26(23)29-24/h4-5,7-8,17-18H,6,9-15H2,1-3H3,(H,27,32)(H,28,29,33). The van der Waals surface area contributed by atoms with Crippen molar-refractivity contribution in [1.82, 2.24) is 19.8 Å². The van der Waals surface area contributed by atoms with Crippen LogP contribution in [0.4, 0.5) is 5.69 Å². The van der Waals surface area contributed by atoms with Crippen molar-refractivity contribution in [2.24, 2.45) is 5.92 Å². The zero-order valence-electron chi connectivity index (χ0n) is 20.2. The molecule has 0 radical (unpaired) electrons. The van der Waals surface area contributed by atoms with Crippen LogP contribution in [0.25, 0.3) is 10.2 Å². The first kappa shape index (κ1) is 23.2. The maximum atomic E-state index is 13.0. The molecule has 3 heterocycles. The van der Waals surface area contributed by atoms with Crippen molar-refractivity contribution in [3.63, 3.8) is 0 Å². The third-order valence-electron chi connectivity index (χ3n) is 7.24. The lowest BCUT2D eigenvalue weighted by Crippen LogP contribution is -2.49.